The zero-order valence-corrected chi connectivity index (χ0v) is 11.6. The summed E-state index contributed by atoms with van der Waals surface area (Å²) in [5.74, 6) is -1.50. The van der Waals surface area contributed by atoms with Gasteiger partial charge in [-0.3, -0.25) is 9.78 Å². The van der Waals surface area contributed by atoms with Gasteiger partial charge in [0.2, 0.25) is 0 Å². The average molecular weight is 284 g/mol. The number of hydrogen-bond acceptors (Lipinski definition) is 3. The molecule has 5 heteroatoms. The van der Waals surface area contributed by atoms with Crippen molar-refractivity contribution in [2.24, 2.45) is 0 Å². The largest absolute Gasteiger partial charge is 0.480 e. The fraction of sp³-hybridized carbons (Fsp3) is 0.188. The van der Waals surface area contributed by atoms with Crippen LogP contribution in [0.15, 0.2) is 48.8 Å². The van der Waals surface area contributed by atoms with Crippen LogP contribution >= 0.6 is 0 Å². The lowest BCUT2D eigenvalue weighted by Crippen LogP contribution is -2.42. The van der Waals surface area contributed by atoms with Gasteiger partial charge in [-0.05, 0) is 30.2 Å². The molecule has 1 atom stereocenters. The van der Waals surface area contributed by atoms with Crippen LogP contribution in [0.25, 0.3) is 0 Å². The van der Waals surface area contributed by atoms with E-state index in [0.717, 1.165) is 11.1 Å². The van der Waals surface area contributed by atoms with Crippen molar-refractivity contribution in [3.63, 3.8) is 0 Å². The number of aromatic nitrogens is 1. The Bertz CT molecular complexity index is 641. The Morgan fingerprint density at radius 3 is 2.62 bits per heavy atom. The van der Waals surface area contributed by atoms with Crippen LogP contribution in [0.2, 0.25) is 0 Å². The number of carboxylic acid groups (broad SMARTS) is 1. The van der Waals surface area contributed by atoms with E-state index < -0.39 is 17.9 Å². The van der Waals surface area contributed by atoms with Crippen molar-refractivity contribution in [3.05, 3.63) is 65.5 Å². The normalized spacial score (nSPS) is 11.7. The zero-order chi connectivity index (χ0) is 15.2. The predicted molar refractivity (Wildman–Crippen MR) is 78.0 cm³/mol. The van der Waals surface area contributed by atoms with Gasteiger partial charge in [0.25, 0.3) is 5.91 Å². The first-order chi connectivity index (χ1) is 10.1. The van der Waals surface area contributed by atoms with Crippen molar-refractivity contribution in [3.8, 4) is 0 Å². The van der Waals surface area contributed by atoms with Gasteiger partial charge in [0.15, 0.2) is 0 Å². The maximum absolute atomic E-state index is 12.0. The van der Waals surface area contributed by atoms with Crippen molar-refractivity contribution >= 4 is 11.9 Å². The minimum absolute atomic E-state index is 0.244. The Labute approximate surface area is 122 Å². The Morgan fingerprint density at radius 1 is 1.24 bits per heavy atom. The SMILES string of the molecule is Cc1ccccc1C[C@H](NC(=O)c1cccnc1)C(=O)O. The Kier molecular flexibility index (Phi) is 4.66. The molecule has 0 bridgehead atoms. The van der Waals surface area contributed by atoms with Gasteiger partial charge in [-0.2, -0.15) is 0 Å². The molecular formula is C16H16N2O3. The molecule has 2 aromatic rings. The molecule has 0 unspecified atom stereocenters. The average Bonchev–Trinajstić information content (AvgIpc) is 2.49. The van der Waals surface area contributed by atoms with Crippen LogP contribution in [0.5, 0.6) is 0 Å². The third kappa shape index (κ3) is 3.89. The van der Waals surface area contributed by atoms with Crippen LogP contribution < -0.4 is 5.32 Å². The van der Waals surface area contributed by atoms with Gasteiger partial charge in [0.05, 0.1) is 5.56 Å². The number of pyridine rings is 1. The van der Waals surface area contributed by atoms with Crippen molar-refractivity contribution < 1.29 is 14.7 Å². The molecule has 1 aromatic carbocycles. The minimum Gasteiger partial charge on any atom is -0.480 e. The molecule has 0 aliphatic heterocycles. The summed E-state index contributed by atoms with van der Waals surface area (Å²) in [7, 11) is 0. The molecule has 2 rings (SSSR count). The van der Waals surface area contributed by atoms with Gasteiger partial charge in [-0.1, -0.05) is 24.3 Å². The van der Waals surface area contributed by atoms with Gasteiger partial charge in [-0.15, -0.1) is 0 Å². The lowest BCUT2D eigenvalue weighted by molar-refractivity contribution is -0.139. The number of hydrogen-bond donors (Lipinski definition) is 2. The maximum atomic E-state index is 12.0. The Balaban J connectivity index is 2.12. The smallest absolute Gasteiger partial charge is 0.326 e. The predicted octanol–water partition coefficient (Wildman–Crippen LogP) is 1.82. The van der Waals surface area contributed by atoms with Crippen molar-refractivity contribution in [1.29, 1.82) is 0 Å². The zero-order valence-electron chi connectivity index (χ0n) is 11.6. The first-order valence-electron chi connectivity index (χ1n) is 6.56. The second kappa shape index (κ2) is 6.65. The third-order valence-electron chi connectivity index (χ3n) is 3.21. The van der Waals surface area contributed by atoms with E-state index in [2.05, 4.69) is 10.3 Å². The third-order valence-corrected chi connectivity index (χ3v) is 3.21. The van der Waals surface area contributed by atoms with Crippen LogP contribution in [-0.2, 0) is 11.2 Å². The number of nitrogens with zero attached hydrogens (tertiary/aromatic N) is 1. The summed E-state index contributed by atoms with van der Waals surface area (Å²) in [6.45, 7) is 1.91. The molecule has 0 aliphatic rings. The highest BCUT2D eigenvalue weighted by Crippen LogP contribution is 2.10. The number of amides is 1. The van der Waals surface area contributed by atoms with E-state index in [1.165, 1.54) is 6.20 Å². The van der Waals surface area contributed by atoms with E-state index in [9.17, 15) is 14.7 Å². The monoisotopic (exact) mass is 284 g/mol. The lowest BCUT2D eigenvalue weighted by Gasteiger charge is -2.15. The number of carbonyl (C=O) groups excluding carboxylic acids is 1. The second-order valence-electron chi connectivity index (χ2n) is 4.74. The number of nitrogens with one attached hydrogen (secondary N) is 1. The fourth-order valence-corrected chi connectivity index (χ4v) is 2.00. The molecule has 21 heavy (non-hydrogen) atoms. The van der Waals surface area contributed by atoms with Gasteiger partial charge in [0, 0.05) is 18.8 Å². The fourth-order valence-electron chi connectivity index (χ4n) is 2.00. The standard InChI is InChI=1S/C16H16N2O3/c1-11-5-2-3-6-12(11)9-14(16(20)21)18-15(19)13-7-4-8-17-10-13/h2-8,10,14H,9H2,1H3,(H,18,19)(H,20,21)/t14-/m0/s1. The summed E-state index contributed by atoms with van der Waals surface area (Å²) in [5.41, 5.74) is 2.24. The minimum atomic E-state index is -1.06. The molecule has 0 radical (unpaired) electrons. The molecule has 0 spiro atoms. The molecule has 5 nitrogen and oxygen atoms in total. The van der Waals surface area contributed by atoms with Crippen LogP contribution in [0.1, 0.15) is 21.5 Å². The molecule has 108 valence electrons. The van der Waals surface area contributed by atoms with Crippen molar-refractivity contribution in [2.45, 2.75) is 19.4 Å². The van der Waals surface area contributed by atoms with E-state index in [1.54, 1.807) is 18.3 Å². The lowest BCUT2D eigenvalue weighted by atomic mass is 10.0. The molecule has 0 aliphatic carbocycles. The van der Waals surface area contributed by atoms with E-state index in [-0.39, 0.29) is 6.42 Å². The maximum Gasteiger partial charge on any atom is 0.326 e. The number of aliphatic carboxylic acids is 1. The van der Waals surface area contributed by atoms with Gasteiger partial charge in [-0.25, -0.2) is 4.79 Å². The highest BCUT2D eigenvalue weighted by Gasteiger charge is 2.21. The number of benzene rings is 1. The number of carbonyl (C=O) groups is 2. The molecule has 0 saturated carbocycles. The number of aryl methyl sites for hydroxylation is 1. The summed E-state index contributed by atoms with van der Waals surface area (Å²) in [6, 6.07) is 9.77. The van der Waals surface area contributed by atoms with Gasteiger partial charge < -0.3 is 10.4 Å². The van der Waals surface area contributed by atoms with E-state index in [0.29, 0.717) is 5.56 Å². The first-order valence-corrected chi connectivity index (χ1v) is 6.56. The van der Waals surface area contributed by atoms with E-state index >= 15 is 0 Å². The van der Waals surface area contributed by atoms with E-state index in [4.69, 9.17) is 0 Å². The Morgan fingerprint density at radius 2 is 2.00 bits per heavy atom. The molecule has 1 aromatic heterocycles. The topological polar surface area (TPSA) is 79.3 Å². The highest BCUT2D eigenvalue weighted by atomic mass is 16.4. The Hall–Kier alpha value is -2.69. The van der Waals surface area contributed by atoms with Crippen LogP contribution in [0, 0.1) is 6.92 Å². The van der Waals surface area contributed by atoms with Crippen molar-refractivity contribution in [2.75, 3.05) is 0 Å². The quantitative estimate of drug-likeness (QED) is 0.877. The molecule has 1 amide bonds. The number of rotatable bonds is 5. The summed E-state index contributed by atoms with van der Waals surface area (Å²) in [6.07, 6.45) is 3.20. The molecule has 2 N–H and O–H groups in total. The molecule has 0 saturated heterocycles. The van der Waals surface area contributed by atoms with Crippen LogP contribution in [0.3, 0.4) is 0 Å². The highest BCUT2D eigenvalue weighted by molar-refractivity contribution is 5.96. The molecular weight excluding hydrogens is 268 g/mol. The first kappa shape index (κ1) is 14.7. The summed E-state index contributed by atoms with van der Waals surface area (Å²) < 4.78 is 0. The summed E-state index contributed by atoms with van der Waals surface area (Å²) in [4.78, 5) is 27.2. The number of carboxylic acids is 1. The van der Waals surface area contributed by atoms with Gasteiger partial charge in [0.1, 0.15) is 6.04 Å². The second-order valence-corrected chi connectivity index (χ2v) is 4.74. The molecule has 0 fully saturated rings. The van der Waals surface area contributed by atoms with E-state index in [1.807, 2.05) is 31.2 Å². The van der Waals surface area contributed by atoms with Crippen LogP contribution in [0.4, 0.5) is 0 Å². The van der Waals surface area contributed by atoms with Crippen molar-refractivity contribution in [1.82, 2.24) is 10.3 Å². The van der Waals surface area contributed by atoms with Crippen LogP contribution in [-0.4, -0.2) is 28.0 Å². The summed E-state index contributed by atoms with van der Waals surface area (Å²) >= 11 is 0. The van der Waals surface area contributed by atoms with Gasteiger partial charge >= 0.3 is 5.97 Å². The summed E-state index contributed by atoms with van der Waals surface area (Å²) in [5, 5.41) is 11.8. The molecule has 1 heterocycles.